The lowest BCUT2D eigenvalue weighted by atomic mass is 9.97. The summed E-state index contributed by atoms with van der Waals surface area (Å²) in [6, 6.07) is 13.1. The van der Waals surface area contributed by atoms with Gasteiger partial charge in [0, 0.05) is 0 Å². The second-order valence-corrected chi connectivity index (χ2v) is 5.34. The van der Waals surface area contributed by atoms with Gasteiger partial charge in [-0.25, -0.2) is 0 Å². The molecule has 0 aliphatic heterocycles. The molecule has 1 nitrogen and oxygen atoms in total. The van der Waals surface area contributed by atoms with Crippen LogP contribution < -0.4 is 0 Å². The highest BCUT2D eigenvalue weighted by atomic mass is 16.3. The van der Waals surface area contributed by atoms with Crippen LogP contribution in [0.15, 0.2) is 36.4 Å². The molecular formula is C17H18O. The number of aliphatic hydroxyl groups excluding tert-OH is 1. The quantitative estimate of drug-likeness (QED) is 0.797. The van der Waals surface area contributed by atoms with Crippen LogP contribution in [0.1, 0.15) is 34.8 Å². The molecule has 0 bridgehead atoms. The molecule has 1 aliphatic carbocycles. The fourth-order valence-corrected chi connectivity index (χ4v) is 2.92. The highest BCUT2D eigenvalue weighted by molar-refractivity contribution is 5.67. The third kappa shape index (κ3) is 1.95. The predicted molar refractivity (Wildman–Crippen MR) is 74.6 cm³/mol. The fourth-order valence-electron chi connectivity index (χ4n) is 2.92. The van der Waals surface area contributed by atoms with Gasteiger partial charge in [0.1, 0.15) is 0 Å². The molecule has 1 aliphatic rings. The second kappa shape index (κ2) is 4.25. The molecule has 0 heterocycles. The molecule has 1 atom stereocenters. The van der Waals surface area contributed by atoms with Crippen LogP contribution in [0.25, 0.3) is 11.1 Å². The monoisotopic (exact) mass is 238 g/mol. The molecule has 3 rings (SSSR count). The van der Waals surface area contributed by atoms with Crippen LogP contribution in [0.4, 0.5) is 0 Å². The first kappa shape index (κ1) is 11.5. The van der Waals surface area contributed by atoms with Crippen LogP contribution in [0, 0.1) is 13.8 Å². The fraction of sp³-hybridized carbons (Fsp3) is 0.294. The number of hydrogen-bond acceptors (Lipinski definition) is 1. The zero-order chi connectivity index (χ0) is 12.7. The van der Waals surface area contributed by atoms with Gasteiger partial charge in [-0.15, -0.1) is 0 Å². The van der Waals surface area contributed by atoms with Gasteiger partial charge in [0.2, 0.25) is 0 Å². The van der Waals surface area contributed by atoms with Crippen molar-refractivity contribution in [3.05, 3.63) is 58.7 Å². The number of hydrogen-bond donors (Lipinski definition) is 1. The summed E-state index contributed by atoms with van der Waals surface area (Å²) >= 11 is 0. The maximum atomic E-state index is 9.83. The molecule has 0 radical (unpaired) electrons. The van der Waals surface area contributed by atoms with E-state index in [1.807, 2.05) is 0 Å². The van der Waals surface area contributed by atoms with Crippen molar-refractivity contribution >= 4 is 0 Å². The minimum atomic E-state index is -0.256. The van der Waals surface area contributed by atoms with Gasteiger partial charge in [-0.05, 0) is 48.9 Å². The van der Waals surface area contributed by atoms with E-state index >= 15 is 0 Å². The lowest BCUT2D eigenvalue weighted by molar-refractivity contribution is 0.180. The molecule has 92 valence electrons. The molecule has 2 aromatic carbocycles. The first-order chi connectivity index (χ1) is 8.63. The van der Waals surface area contributed by atoms with Crippen molar-refractivity contribution in [2.45, 2.75) is 32.8 Å². The summed E-state index contributed by atoms with van der Waals surface area (Å²) in [5, 5.41) is 9.83. The molecule has 0 amide bonds. The lowest BCUT2D eigenvalue weighted by Gasteiger charge is -2.09. The average molecular weight is 238 g/mol. The Morgan fingerprint density at radius 2 is 1.67 bits per heavy atom. The van der Waals surface area contributed by atoms with Gasteiger partial charge >= 0.3 is 0 Å². The maximum absolute atomic E-state index is 9.83. The lowest BCUT2D eigenvalue weighted by Crippen LogP contribution is -1.90. The van der Waals surface area contributed by atoms with E-state index < -0.39 is 0 Å². The van der Waals surface area contributed by atoms with Gasteiger partial charge < -0.3 is 5.11 Å². The Morgan fingerprint density at radius 1 is 0.944 bits per heavy atom. The summed E-state index contributed by atoms with van der Waals surface area (Å²) in [6.45, 7) is 4.27. The van der Waals surface area contributed by atoms with Crippen LogP contribution >= 0.6 is 0 Å². The number of benzene rings is 2. The molecular weight excluding hydrogens is 220 g/mol. The van der Waals surface area contributed by atoms with Crippen molar-refractivity contribution in [1.82, 2.24) is 0 Å². The first-order valence-electron chi connectivity index (χ1n) is 6.53. The van der Waals surface area contributed by atoms with Crippen LogP contribution in [0.2, 0.25) is 0 Å². The minimum Gasteiger partial charge on any atom is -0.388 e. The molecule has 0 aromatic heterocycles. The van der Waals surface area contributed by atoms with E-state index in [4.69, 9.17) is 0 Å². The zero-order valence-electron chi connectivity index (χ0n) is 10.9. The molecule has 0 spiro atoms. The van der Waals surface area contributed by atoms with Crippen molar-refractivity contribution in [2.75, 3.05) is 0 Å². The number of aliphatic hydroxyl groups is 1. The van der Waals surface area contributed by atoms with Crippen LogP contribution in [0.5, 0.6) is 0 Å². The highest BCUT2D eigenvalue weighted by Crippen LogP contribution is 2.34. The van der Waals surface area contributed by atoms with Crippen LogP contribution in [-0.4, -0.2) is 5.11 Å². The molecule has 18 heavy (non-hydrogen) atoms. The van der Waals surface area contributed by atoms with Gasteiger partial charge in [0.05, 0.1) is 6.10 Å². The summed E-state index contributed by atoms with van der Waals surface area (Å²) in [5.74, 6) is 0. The van der Waals surface area contributed by atoms with Crippen LogP contribution in [0.3, 0.4) is 0 Å². The molecule has 0 saturated carbocycles. The molecule has 1 heteroatoms. The van der Waals surface area contributed by atoms with E-state index in [2.05, 4.69) is 50.2 Å². The first-order valence-corrected chi connectivity index (χ1v) is 6.53. The van der Waals surface area contributed by atoms with Gasteiger partial charge in [-0.2, -0.15) is 0 Å². The summed E-state index contributed by atoms with van der Waals surface area (Å²) in [4.78, 5) is 0. The number of aryl methyl sites for hydroxylation is 3. The SMILES string of the molecule is Cc1cc(C)cc(-c2ccc3c(c2)CC[C@@H]3O)c1. The van der Waals surface area contributed by atoms with Crippen molar-refractivity contribution in [2.24, 2.45) is 0 Å². The van der Waals surface area contributed by atoms with E-state index in [0.29, 0.717) is 0 Å². The minimum absolute atomic E-state index is 0.256. The second-order valence-electron chi connectivity index (χ2n) is 5.34. The van der Waals surface area contributed by atoms with E-state index in [1.165, 1.54) is 27.8 Å². The van der Waals surface area contributed by atoms with E-state index in [-0.39, 0.29) is 6.10 Å². The molecule has 2 aromatic rings. The van der Waals surface area contributed by atoms with Gasteiger partial charge in [-0.3, -0.25) is 0 Å². The molecule has 0 saturated heterocycles. The summed E-state index contributed by atoms with van der Waals surface area (Å²) in [7, 11) is 0. The smallest absolute Gasteiger partial charge is 0.0795 e. The van der Waals surface area contributed by atoms with E-state index in [1.54, 1.807) is 0 Å². The Hall–Kier alpha value is -1.60. The zero-order valence-corrected chi connectivity index (χ0v) is 10.9. The number of fused-ring (bicyclic) bond motifs is 1. The normalized spacial score (nSPS) is 17.8. The average Bonchev–Trinajstić information content (AvgIpc) is 2.69. The Morgan fingerprint density at radius 3 is 2.39 bits per heavy atom. The van der Waals surface area contributed by atoms with Gasteiger partial charge in [-0.1, -0.05) is 47.5 Å². The molecule has 0 unspecified atom stereocenters. The van der Waals surface area contributed by atoms with Crippen molar-refractivity contribution < 1.29 is 5.11 Å². The maximum Gasteiger partial charge on any atom is 0.0795 e. The highest BCUT2D eigenvalue weighted by Gasteiger charge is 2.20. The summed E-state index contributed by atoms with van der Waals surface area (Å²) in [5.41, 5.74) is 7.55. The third-order valence-electron chi connectivity index (χ3n) is 3.74. The Kier molecular flexibility index (Phi) is 2.71. The van der Waals surface area contributed by atoms with Crippen LogP contribution in [-0.2, 0) is 6.42 Å². The van der Waals surface area contributed by atoms with E-state index in [9.17, 15) is 5.11 Å². The number of rotatable bonds is 1. The molecule has 0 fully saturated rings. The van der Waals surface area contributed by atoms with E-state index in [0.717, 1.165) is 18.4 Å². The van der Waals surface area contributed by atoms with Crippen molar-refractivity contribution in [1.29, 1.82) is 0 Å². The Bertz CT molecular complexity index is 578. The summed E-state index contributed by atoms with van der Waals surface area (Å²) in [6.07, 6.45) is 1.61. The van der Waals surface area contributed by atoms with Gasteiger partial charge in [0.25, 0.3) is 0 Å². The molecule has 1 N–H and O–H groups in total. The summed E-state index contributed by atoms with van der Waals surface area (Å²) < 4.78 is 0. The standard InChI is InChI=1S/C17H18O/c1-11-7-12(2)9-15(8-11)13-3-5-16-14(10-13)4-6-17(16)18/h3,5,7-10,17-18H,4,6H2,1-2H3/t17-/m0/s1. The topological polar surface area (TPSA) is 20.2 Å². The predicted octanol–water partition coefficient (Wildman–Crippen LogP) is 3.95. The third-order valence-corrected chi connectivity index (χ3v) is 3.74. The van der Waals surface area contributed by atoms with Crippen molar-refractivity contribution in [3.63, 3.8) is 0 Å². The largest absolute Gasteiger partial charge is 0.388 e. The van der Waals surface area contributed by atoms with Gasteiger partial charge in [0.15, 0.2) is 0 Å². The Labute approximate surface area is 108 Å². The Balaban J connectivity index is 2.07. The van der Waals surface area contributed by atoms with Crippen molar-refractivity contribution in [3.8, 4) is 11.1 Å².